The van der Waals surface area contributed by atoms with Gasteiger partial charge in [-0.25, -0.2) is 0 Å². The number of rotatable bonds is 4. The van der Waals surface area contributed by atoms with E-state index in [0.717, 1.165) is 6.07 Å². The van der Waals surface area contributed by atoms with Crippen molar-refractivity contribution in [3.8, 4) is 40.2 Å². The fourth-order valence-corrected chi connectivity index (χ4v) is 4.28. The minimum atomic E-state index is -1.62. The highest BCUT2D eigenvalue weighted by molar-refractivity contribution is 6.05. The minimum Gasteiger partial charge on any atom is -0.508 e. The quantitative estimate of drug-likeness (QED) is 0.374. The van der Waals surface area contributed by atoms with Crippen molar-refractivity contribution in [3.63, 3.8) is 0 Å². The van der Waals surface area contributed by atoms with Crippen molar-refractivity contribution in [3.05, 3.63) is 65.2 Å². The van der Waals surface area contributed by atoms with Crippen LogP contribution < -0.4 is 18.9 Å². The topological polar surface area (TPSA) is 155 Å². The third kappa shape index (κ3) is 3.82. The number of aliphatic hydroxyl groups excluding tert-OH is 2. The first-order valence-electron chi connectivity index (χ1n) is 10.7. The number of ether oxygens (including phenoxy) is 4. The van der Waals surface area contributed by atoms with E-state index in [-0.39, 0.29) is 40.9 Å². The number of aromatic hydroxyl groups is 3. The third-order valence-corrected chi connectivity index (χ3v) is 6.00. The molecule has 0 saturated heterocycles. The van der Waals surface area contributed by atoms with Crippen LogP contribution in [0.1, 0.15) is 33.7 Å². The number of aliphatic hydroxyl groups is 2. The fourth-order valence-electron chi connectivity index (χ4n) is 4.28. The Morgan fingerprint density at radius 2 is 1.54 bits per heavy atom. The summed E-state index contributed by atoms with van der Waals surface area (Å²) >= 11 is 0. The van der Waals surface area contributed by atoms with E-state index in [1.54, 1.807) is 30.3 Å². The molecule has 10 nitrogen and oxygen atoms in total. The molecule has 0 amide bonds. The summed E-state index contributed by atoms with van der Waals surface area (Å²) < 4.78 is 23.0. The predicted octanol–water partition coefficient (Wildman–Crippen LogP) is 2.36. The molecule has 0 spiro atoms. The first-order valence-corrected chi connectivity index (χ1v) is 10.7. The highest BCUT2D eigenvalue weighted by Gasteiger charge is 2.40. The largest absolute Gasteiger partial charge is 0.508 e. The molecule has 5 N–H and O–H groups in total. The zero-order chi connectivity index (χ0) is 24.9. The lowest BCUT2D eigenvalue weighted by Gasteiger charge is -2.35. The van der Waals surface area contributed by atoms with Gasteiger partial charge in [-0.3, -0.25) is 4.79 Å². The van der Waals surface area contributed by atoms with Gasteiger partial charge in [-0.05, 0) is 29.8 Å². The lowest BCUT2D eigenvalue weighted by Crippen LogP contribution is -2.37. The molecule has 0 fully saturated rings. The second-order valence-electron chi connectivity index (χ2n) is 8.20. The number of phenols is 3. The number of ketones is 1. The smallest absolute Gasteiger partial charge is 0.202 e. The SMILES string of the molecule is COc1cc([C@@H]2Oc3cc(C4Oc5cc(O)cc(O)c5C(=O)[C@H]4O)ccc3O[C@H]2CO)ccc1O. The van der Waals surface area contributed by atoms with Gasteiger partial charge in [-0.1, -0.05) is 12.1 Å². The van der Waals surface area contributed by atoms with E-state index in [1.807, 2.05) is 0 Å². The fraction of sp³-hybridized carbons (Fsp3) is 0.240. The molecule has 35 heavy (non-hydrogen) atoms. The lowest BCUT2D eigenvalue weighted by molar-refractivity contribution is -0.0130. The molecule has 0 bridgehead atoms. The molecular formula is C25H22O10. The molecular weight excluding hydrogens is 460 g/mol. The van der Waals surface area contributed by atoms with Crippen molar-refractivity contribution in [2.45, 2.75) is 24.4 Å². The highest BCUT2D eigenvalue weighted by atomic mass is 16.6. The van der Waals surface area contributed by atoms with Crippen molar-refractivity contribution in [2.24, 2.45) is 0 Å². The van der Waals surface area contributed by atoms with Crippen molar-refractivity contribution in [1.82, 2.24) is 0 Å². The van der Waals surface area contributed by atoms with Crippen molar-refractivity contribution in [2.75, 3.05) is 13.7 Å². The number of benzene rings is 3. The summed E-state index contributed by atoms with van der Waals surface area (Å²) in [6.45, 7) is -0.349. The summed E-state index contributed by atoms with van der Waals surface area (Å²) in [5.74, 6) is -0.823. The molecule has 0 aliphatic carbocycles. The van der Waals surface area contributed by atoms with E-state index in [0.29, 0.717) is 16.9 Å². The summed E-state index contributed by atoms with van der Waals surface area (Å²) in [7, 11) is 1.41. The monoisotopic (exact) mass is 482 g/mol. The second kappa shape index (κ2) is 8.57. The van der Waals surface area contributed by atoms with Crippen LogP contribution in [0.15, 0.2) is 48.5 Å². The van der Waals surface area contributed by atoms with Crippen molar-refractivity contribution in [1.29, 1.82) is 0 Å². The molecule has 0 aromatic heterocycles. The molecule has 0 saturated carbocycles. The average molecular weight is 482 g/mol. The summed E-state index contributed by atoms with van der Waals surface area (Å²) in [5.41, 5.74) is 0.751. The number of hydrogen-bond donors (Lipinski definition) is 5. The number of carbonyl (C=O) groups is 1. The van der Waals surface area contributed by atoms with Gasteiger partial charge in [0.05, 0.1) is 13.7 Å². The molecule has 2 heterocycles. The van der Waals surface area contributed by atoms with E-state index in [1.165, 1.54) is 19.2 Å². The number of phenolic OH excluding ortho intramolecular Hbond substituents is 3. The van der Waals surface area contributed by atoms with Crippen LogP contribution in [0.3, 0.4) is 0 Å². The standard InChI is InChI=1S/C25H22O10/c1-32-17-6-11(2-4-14(17)28)24-20(10-26)33-16-5-3-12(7-18(16)34-24)25-23(31)22(30)21-15(29)8-13(27)9-19(21)35-25/h2-9,20,23-29,31H,10H2,1H3/t20-,23+,24-,25?/m0/s1. The zero-order valence-electron chi connectivity index (χ0n) is 18.4. The normalized spacial score (nSPS) is 22.8. The summed E-state index contributed by atoms with van der Waals surface area (Å²) in [5, 5.41) is 50.2. The van der Waals surface area contributed by atoms with Crippen LogP contribution in [0.4, 0.5) is 0 Å². The Kier molecular flexibility index (Phi) is 5.54. The van der Waals surface area contributed by atoms with Gasteiger partial charge in [0.15, 0.2) is 47.4 Å². The Bertz CT molecular complexity index is 1300. The lowest BCUT2D eigenvalue weighted by atomic mass is 9.92. The van der Waals surface area contributed by atoms with E-state index >= 15 is 0 Å². The number of Topliss-reactive ketones (excluding diaryl/α,β-unsaturated/α-hetero) is 1. The number of hydrogen-bond acceptors (Lipinski definition) is 10. The summed E-state index contributed by atoms with van der Waals surface area (Å²) in [6.07, 6.45) is -4.28. The number of methoxy groups -OCH3 is 1. The molecule has 182 valence electrons. The van der Waals surface area contributed by atoms with E-state index in [9.17, 15) is 30.3 Å². The van der Waals surface area contributed by atoms with Crippen LogP contribution in [-0.2, 0) is 0 Å². The maximum Gasteiger partial charge on any atom is 0.202 e. The molecule has 1 unspecified atom stereocenters. The first kappa shape index (κ1) is 22.6. The third-order valence-electron chi connectivity index (χ3n) is 6.00. The molecule has 2 aliphatic heterocycles. The molecule has 5 rings (SSSR count). The first-order chi connectivity index (χ1) is 16.8. The highest BCUT2D eigenvalue weighted by Crippen LogP contribution is 2.45. The van der Waals surface area contributed by atoms with Crippen LogP contribution in [0.5, 0.6) is 40.2 Å². The number of carbonyl (C=O) groups excluding carboxylic acids is 1. The summed E-state index contributed by atoms with van der Waals surface area (Å²) in [4.78, 5) is 12.7. The Balaban J connectivity index is 1.49. The van der Waals surface area contributed by atoms with Gasteiger partial charge in [0, 0.05) is 17.7 Å². The molecule has 2 aliphatic rings. The van der Waals surface area contributed by atoms with E-state index in [4.69, 9.17) is 18.9 Å². The van der Waals surface area contributed by atoms with Crippen LogP contribution in [0.25, 0.3) is 0 Å². The molecule has 3 aromatic carbocycles. The van der Waals surface area contributed by atoms with Crippen molar-refractivity contribution < 1.29 is 49.3 Å². The van der Waals surface area contributed by atoms with Gasteiger partial charge in [-0.15, -0.1) is 0 Å². The Morgan fingerprint density at radius 1 is 0.829 bits per heavy atom. The second-order valence-corrected chi connectivity index (χ2v) is 8.20. The van der Waals surface area contributed by atoms with E-state index in [2.05, 4.69) is 0 Å². The van der Waals surface area contributed by atoms with Gasteiger partial charge in [0.25, 0.3) is 0 Å². The van der Waals surface area contributed by atoms with Crippen LogP contribution in [0, 0.1) is 0 Å². The predicted molar refractivity (Wildman–Crippen MR) is 119 cm³/mol. The van der Waals surface area contributed by atoms with Crippen LogP contribution in [0.2, 0.25) is 0 Å². The van der Waals surface area contributed by atoms with Crippen molar-refractivity contribution >= 4 is 5.78 Å². The van der Waals surface area contributed by atoms with Gasteiger partial charge in [0.2, 0.25) is 5.78 Å². The van der Waals surface area contributed by atoms with Gasteiger partial charge >= 0.3 is 0 Å². The van der Waals surface area contributed by atoms with Crippen LogP contribution in [-0.4, -0.2) is 57.2 Å². The van der Waals surface area contributed by atoms with E-state index < -0.39 is 35.9 Å². The molecule has 4 atom stereocenters. The summed E-state index contributed by atoms with van der Waals surface area (Å²) in [6, 6.07) is 11.5. The Labute approximate surface area is 199 Å². The van der Waals surface area contributed by atoms with Gasteiger partial charge in [-0.2, -0.15) is 0 Å². The Morgan fingerprint density at radius 3 is 2.29 bits per heavy atom. The maximum atomic E-state index is 12.7. The maximum absolute atomic E-state index is 12.7. The molecule has 3 aromatic rings. The zero-order valence-corrected chi connectivity index (χ0v) is 18.4. The molecule has 0 radical (unpaired) electrons. The Hall–Kier alpha value is -4.15. The average Bonchev–Trinajstić information content (AvgIpc) is 2.85. The number of fused-ring (bicyclic) bond motifs is 2. The van der Waals surface area contributed by atoms with Gasteiger partial charge < -0.3 is 44.5 Å². The molecule has 10 heteroatoms. The van der Waals surface area contributed by atoms with Crippen LogP contribution >= 0.6 is 0 Å². The van der Waals surface area contributed by atoms with Gasteiger partial charge in [0.1, 0.15) is 22.8 Å². The minimum absolute atomic E-state index is 0.0540.